The van der Waals surface area contributed by atoms with Crippen molar-refractivity contribution >= 4 is 5.97 Å². The molecule has 0 aliphatic rings. The van der Waals surface area contributed by atoms with E-state index in [9.17, 15) is 4.79 Å². The first-order valence-electron chi connectivity index (χ1n) is 3.44. The van der Waals surface area contributed by atoms with E-state index in [0.29, 0.717) is 6.54 Å². The predicted octanol–water partition coefficient (Wildman–Crippen LogP) is 0.967. The summed E-state index contributed by atoms with van der Waals surface area (Å²) in [6.07, 6.45) is 3.96. The molecule has 0 amide bonds. The SMILES string of the molecule is O=C(O)/C=C/NCc1ccco1. The van der Waals surface area contributed by atoms with Crippen LogP contribution in [0.3, 0.4) is 0 Å². The summed E-state index contributed by atoms with van der Waals surface area (Å²) >= 11 is 0. The zero-order valence-electron chi connectivity index (χ0n) is 6.36. The van der Waals surface area contributed by atoms with Crippen LogP contribution in [-0.4, -0.2) is 11.1 Å². The Morgan fingerprint density at radius 3 is 3.17 bits per heavy atom. The number of aliphatic carboxylic acids is 1. The monoisotopic (exact) mass is 167 g/mol. The fourth-order valence-corrected chi connectivity index (χ4v) is 0.703. The van der Waals surface area contributed by atoms with Crippen molar-refractivity contribution in [3.63, 3.8) is 0 Å². The number of carbonyl (C=O) groups is 1. The Hall–Kier alpha value is -1.71. The molecule has 0 atom stereocenters. The Balaban J connectivity index is 2.23. The van der Waals surface area contributed by atoms with Crippen molar-refractivity contribution in [1.82, 2.24) is 5.32 Å². The molecule has 0 aromatic carbocycles. The number of rotatable bonds is 4. The number of carboxylic acid groups (broad SMARTS) is 1. The van der Waals surface area contributed by atoms with Crippen LogP contribution < -0.4 is 5.32 Å². The molecule has 0 radical (unpaired) electrons. The molecule has 0 unspecified atom stereocenters. The first-order valence-corrected chi connectivity index (χ1v) is 3.44. The molecule has 4 nitrogen and oxygen atoms in total. The normalized spacial score (nSPS) is 10.3. The second kappa shape index (κ2) is 4.23. The molecule has 0 aliphatic heterocycles. The van der Waals surface area contributed by atoms with Gasteiger partial charge in [0.2, 0.25) is 0 Å². The highest BCUT2D eigenvalue weighted by Crippen LogP contribution is 1.97. The summed E-state index contributed by atoms with van der Waals surface area (Å²) in [5.41, 5.74) is 0. The van der Waals surface area contributed by atoms with E-state index in [4.69, 9.17) is 9.52 Å². The fraction of sp³-hybridized carbons (Fsp3) is 0.125. The lowest BCUT2D eigenvalue weighted by Gasteiger charge is -1.94. The third-order valence-electron chi connectivity index (χ3n) is 1.20. The quantitative estimate of drug-likeness (QED) is 0.656. The minimum absolute atomic E-state index is 0.497. The van der Waals surface area contributed by atoms with Crippen LogP contribution in [0.2, 0.25) is 0 Å². The van der Waals surface area contributed by atoms with Crippen molar-refractivity contribution in [3.05, 3.63) is 36.4 Å². The number of hydrogen-bond donors (Lipinski definition) is 2. The Labute approximate surface area is 69.5 Å². The summed E-state index contributed by atoms with van der Waals surface area (Å²) in [6.45, 7) is 0.497. The molecule has 4 heteroatoms. The molecule has 1 rings (SSSR count). The number of nitrogens with one attached hydrogen (secondary N) is 1. The van der Waals surface area contributed by atoms with Crippen molar-refractivity contribution in [2.24, 2.45) is 0 Å². The third-order valence-corrected chi connectivity index (χ3v) is 1.20. The van der Waals surface area contributed by atoms with Crippen LogP contribution in [0.5, 0.6) is 0 Å². The van der Waals surface area contributed by atoms with Gasteiger partial charge in [0.1, 0.15) is 5.76 Å². The summed E-state index contributed by atoms with van der Waals surface area (Å²) in [7, 11) is 0. The molecule has 0 fully saturated rings. The van der Waals surface area contributed by atoms with Crippen LogP contribution in [0, 0.1) is 0 Å². The lowest BCUT2D eigenvalue weighted by molar-refractivity contribution is -0.131. The van der Waals surface area contributed by atoms with Crippen LogP contribution in [0.1, 0.15) is 5.76 Å². The lowest BCUT2D eigenvalue weighted by atomic mass is 10.4. The summed E-state index contributed by atoms with van der Waals surface area (Å²) in [4.78, 5) is 10.0. The van der Waals surface area contributed by atoms with E-state index in [1.54, 1.807) is 12.3 Å². The lowest BCUT2D eigenvalue weighted by Crippen LogP contribution is -2.04. The summed E-state index contributed by atoms with van der Waals surface area (Å²) in [5, 5.41) is 11.0. The van der Waals surface area contributed by atoms with Gasteiger partial charge in [0.15, 0.2) is 0 Å². The van der Waals surface area contributed by atoms with Gasteiger partial charge in [0.05, 0.1) is 12.8 Å². The Bertz CT molecular complexity index is 264. The molecule has 64 valence electrons. The highest BCUT2D eigenvalue weighted by atomic mass is 16.4. The first-order chi connectivity index (χ1) is 5.79. The van der Waals surface area contributed by atoms with Crippen molar-refractivity contribution in [3.8, 4) is 0 Å². The van der Waals surface area contributed by atoms with Gasteiger partial charge >= 0.3 is 5.97 Å². The predicted molar refractivity (Wildman–Crippen MR) is 42.3 cm³/mol. The standard InChI is InChI=1S/C8H9NO3/c10-8(11)3-4-9-6-7-2-1-5-12-7/h1-5,9H,6H2,(H,10,11)/b4-3+. The van der Waals surface area contributed by atoms with Crippen molar-refractivity contribution < 1.29 is 14.3 Å². The van der Waals surface area contributed by atoms with Gasteiger partial charge in [-0.05, 0) is 12.1 Å². The molecule has 0 bridgehead atoms. The molecule has 2 N–H and O–H groups in total. The Morgan fingerprint density at radius 2 is 2.58 bits per heavy atom. The maximum absolute atomic E-state index is 10.0. The third kappa shape index (κ3) is 2.92. The Kier molecular flexibility index (Phi) is 2.95. The molecule has 1 aromatic rings. The van der Waals surface area contributed by atoms with Gasteiger partial charge in [-0.1, -0.05) is 0 Å². The number of carboxylic acids is 1. The van der Waals surface area contributed by atoms with Crippen LogP contribution in [0.4, 0.5) is 0 Å². The molecule has 0 aliphatic carbocycles. The van der Waals surface area contributed by atoms with Gasteiger partial charge in [-0.3, -0.25) is 0 Å². The Morgan fingerprint density at radius 1 is 1.75 bits per heavy atom. The summed E-state index contributed by atoms with van der Waals surface area (Å²) in [6, 6.07) is 3.58. The first kappa shape index (κ1) is 8.39. The molecule has 0 saturated carbocycles. The second-order valence-corrected chi connectivity index (χ2v) is 2.13. The molecule has 12 heavy (non-hydrogen) atoms. The van der Waals surface area contributed by atoms with E-state index >= 15 is 0 Å². The smallest absolute Gasteiger partial charge is 0.329 e. The van der Waals surface area contributed by atoms with Crippen LogP contribution in [0.25, 0.3) is 0 Å². The second-order valence-electron chi connectivity index (χ2n) is 2.13. The van der Waals surface area contributed by atoms with Gasteiger partial charge in [0.25, 0.3) is 0 Å². The van der Waals surface area contributed by atoms with Crippen molar-refractivity contribution in [2.75, 3.05) is 0 Å². The van der Waals surface area contributed by atoms with E-state index in [1.165, 1.54) is 6.20 Å². The molecule has 0 saturated heterocycles. The average Bonchev–Trinajstić information content (AvgIpc) is 2.49. The minimum Gasteiger partial charge on any atom is -0.478 e. The van der Waals surface area contributed by atoms with E-state index in [2.05, 4.69) is 5.32 Å². The number of furan rings is 1. The largest absolute Gasteiger partial charge is 0.478 e. The van der Waals surface area contributed by atoms with Gasteiger partial charge in [-0.15, -0.1) is 0 Å². The maximum Gasteiger partial charge on any atom is 0.329 e. The van der Waals surface area contributed by atoms with Crippen LogP contribution >= 0.6 is 0 Å². The van der Waals surface area contributed by atoms with E-state index in [0.717, 1.165) is 11.8 Å². The van der Waals surface area contributed by atoms with E-state index in [1.807, 2.05) is 6.07 Å². The zero-order valence-corrected chi connectivity index (χ0v) is 6.36. The average molecular weight is 167 g/mol. The summed E-state index contributed by atoms with van der Waals surface area (Å²) in [5.74, 6) is -0.202. The highest BCUT2D eigenvalue weighted by molar-refractivity contribution is 5.79. The van der Waals surface area contributed by atoms with E-state index in [-0.39, 0.29) is 0 Å². The topological polar surface area (TPSA) is 62.5 Å². The fourth-order valence-electron chi connectivity index (χ4n) is 0.703. The van der Waals surface area contributed by atoms with Crippen LogP contribution in [0.15, 0.2) is 35.1 Å². The minimum atomic E-state index is -0.970. The molecular formula is C8H9NO3. The number of hydrogen-bond acceptors (Lipinski definition) is 3. The van der Waals surface area contributed by atoms with Crippen LogP contribution in [-0.2, 0) is 11.3 Å². The molecule has 1 heterocycles. The van der Waals surface area contributed by atoms with Gasteiger partial charge < -0.3 is 14.8 Å². The van der Waals surface area contributed by atoms with Gasteiger partial charge in [-0.2, -0.15) is 0 Å². The highest BCUT2D eigenvalue weighted by Gasteiger charge is 1.90. The van der Waals surface area contributed by atoms with Crippen molar-refractivity contribution in [2.45, 2.75) is 6.54 Å². The van der Waals surface area contributed by atoms with E-state index < -0.39 is 5.97 Å². The molecular weight excluding hydrogens is 158 g/mol. The van der Waals surface area contributed by atoms with Gasteiger partial charge in [0, 0.05) is 12.3 Å². The molecule has 1 aromatic heterocycles. The zero-order chi connectivity index (χ0) is 8.81. The molecule has 0 spiro atoms. The maximum atomic E-state index is 10.0. The summed E-state index contributed by atoms with van der Waals surface area (Å²) < 4.78 is 5.00. The van der Waals surface area contributed by atoms with Gasteiger partial charge in [-0.25, -0.2) is 4.79 Å². The van der Waals surface area contributed by atoms with Crippen molar-refractivity contribution in [1.29, 1.82) is 0 Å².